The van der Waals surface area contributed by atoms with Gasteiger partial charge in [-0.15, -0.1) is 0 Å². The molecule has 4 rings (SSSR count). The Hall–Kier alpha value is -2.47. The van der Waals surface area contributed by atoms with Gasteiger partial charge in [0.15, 0.2) is 5.82 Å². The van der Waals surface area contributed by atoms with Gasteiger partial charge in [0, 0.05) is 37.8 Å². The number of aryl methyl sites for hydroxylation is 1. The molecule has 136 valence electrons. The van der Waals surface area contributed by atoms with Crippen LogP contribution in [0, 0.1) is 12.8 Å². The lowest BCUT2D eigenvalue weighted by Crippen LogP contribution is -2.30. The molecule has 0 radical (unpaired) electrons. The van der Waals surface area contributed by atoms with Gasteiger partial charge in [0.05, 0.1) is 11.4 Å². The number of rotatable bonds is 4. The van der Waals surface area contributed by atoms with Crippen LogP contribution in [0.15, 0.2) is 35.0 Å². The molecule has 26 heavy (non-hydrogen) atoms. The summed E-state index contributed by atoms with van der Waals surface area (Å²) in [5.74, 6) is 1.91. The molecule has 0 spiro atoms. The maximum absolute atomic E-state index is 5.23. The molecule has 6 heteroatoms. The van der Waals surface area contributed by atoms with Gasteiger partial charge in [0.1, 0.15) is 0 Å². The number of hydrogen-bond donors (Lipinski definition) is 0. The van der Waals surface area contributed by atoms with Crippen molar-refractivity contribution in [1.82, 2.24) is 24.8 Å². The minimum atomic E-state index is 0.551. The van der Waals surface area contributed by atoms with Crippen LogP contribution in [0.25, 0.3) is 17.1 Å². The van der Waals surface area contributed by atoms with Crippen molar-refractivity contribution in [3.63, 3.8) is 0 Å². The molecule has 1 aliphatic heterocycles. The van der Waals surface area contributed by atoms with Crippen molar-refractivity contribution in [3.05, 3.63) is 47.5 Å². The monoisotopic (exact) mass is 351 g/mol. The Morgan fingerprint density at radius 3 is 2.58 bits per heavy atom. The van der Waals surface area contributed by atoms with Gasteiger partial charge in [-0.05, 0) is 49.1 Å². The lowest BCUT2D eigenvalue weighted by molar-refractivity contribution is 0.255. The summed E-state index contributed by atoms with van der Waals surface area (Å²) in [4.78, 5) is 6.82. The number of nitrogens with zero attached hydrogens (tertiary/aromatic N) is 5. The highest BCUT2D eigenvalue weighted by molar-refractivity contribution is 5.55. The zero-order valence-electron chi connectivity index (χ0n) is 15.6. The van der Waals surface area contributed by atoms with E-state index in [4.69, 9.17) is 9.62 Å². The molecule has 0 saturated heterocycles. The van der Waals surface area contributed by atoms with Crippen LogP contribution >= 0.6 is 0 Å². The predicted molar refractivity (Wildman–Crippen MR) is 100 cm³/mol. The number of aromatic nitrogens is 4. The van der Waals surface area contributed by atoms with Gasteiger partial charge in [0.25, 0.3) is 5.89 Å². The van der Waals surface area contributed by atoms with E-state index in [1.54, 1.807) is 0 Å². The molecule has 0 amide bonds. The van der Waals surface area contributed by atoms with Crippen LogP contribution in [0.1, 0.15) is 30.9 Å². The van der Waals surface area contributed by atoms with Crippen LogP contribution in [0.5, 0.6) is 0 Å². The second kappa shape index (κ2) is 7.03. The highest BCUT2D eigenvalue weighted by Gasteiger charge is 2.18. The highest BCUT2D eigenvalue weighted by Crippen LogP contribution is 2.21. The van der Waals surface area contributed by atoms with Crippen LogP contribution in [-0.2, 0) is 12.8 Å². The normalized spacial score (nSPS) is 15.2. The van der Waals surface area contributed by atoms with Crippen molar-refractivity contribution in [3.8, 4) is 17.1 Å². The zero-order chi connectivity index (χ0) is 18.1. The van der Waals surface area contributed by atoms with E-state index in [1.165, 1.54) is 17.8 Å². The van der Waals surface area contributed by atoms with Crippen molar-refractivity contribution < 1.29 is 4.52 Å². The van der Waals surface area contributed by atoms with E-state index in [2.05, 4.69) is 35.1 Å². The van der Waals surface area contributed by atoms with Gasteiger partial charge in [-0.1, -0.05) is 19.0 Å². The Morgan fingerprint density at radius 1 is 1.12 bits per heavy atom. The van der Waals surface area contributed by atoms with Crippen molar-refractivity contribution in [2.24, 2.45) is 5.92 Å². The SMILES string of the molecule is Cc1noc(-c2ccc(-n3cc4c(n3)CCN(CC(C)C)CC4)cc2)n1. The van der Waals surface area contributed by atoms with Gasteiger partial charge in [-0.2, -0.15) is 10.1 Å². The fraction of sp³-hybridized carbons (Fsp3) is 0.450. The third kappa shape index (κ3) is 3.55. The van der Waals surface area contributed by atoms with E-state index in [0.717, 1.165) is 37.2 Å². The Bertz CT molecular complexity index is 853. The molecule has 0 atom stereocenters. The first-order valence-electron chi connectivity index (χ1n) is 9.29. The van der Waals surface area contributed by atoms with Crippen molar-refractivity contribution in [2.75, 3.05) is 19.6 Å². The van der Waals surface area contributed by atoms with Crippen molar-refractivity contribution >= 4 is 0 Å². The molecule has 2 aromatic heterocycles. The second-order valence-corrected chi connectivity index (χ2v) is 7.43. The topological polar surface area (TPSA) is 60.0 Å². The molecule has 0 fully saturated rings. The molecule has 0 saturated carbocycles. The van der Waals surface area contributed by atoms with Crippen molar-refractivity contribution in [2.45, 2.75) is 33.6 Å². The van der Waals surface area contributed by atoms with E-state index < -0.39 is 0 Å². The third-order valence-electron chi connectivity index (χ3n) is 4.77. The standard InChI is InChI=1S/C20H25N5O/c1-14(2)12-24-10-8-17-13-25(22-19(17)9-11-24)18-6-4-16(5-7-18)20-21-15(3)23-26-20/h4-7,13-14H,8-12H2,1-3H3. The summed E-state index contributed by atoms with van der Waals surface area (Å²) in [6.07, 6.45) is 4.27. The van der Waals surface area contributed by atoms with Crippen LogP contribution in [0.4, 0.5) is 0 Å². The van der Waals surface area contributed by atoms with E-state index >= 15 is 0 Å². The molecule has 0 unspecified atom stereocenters. The number of fused-ring (bicyclic) bond motifs is 1. The average Bonchev–Trinajstić information content (AvgIpc) is 3.19. The van der Waals surface area contributed by atoms with E-state index in [9.17, 15) is 0 Å². The summed E-state index contributed by atoms with van der Waals surface area (Å²) < 4.78 is 7.22. The summed E-state index contributed by atoms with van der Waals surface area (Å²) >= 11 is 0. The molecular weight excluding hydrogens is 326 g/mol. The Morgan fingerprint density at radius 2 is 1.88 bits per heavy atom. The summed E-state index contributed by atoms with van der Waals surface area (Å²) in [6.45, 7) is 9.76. The largest absolute Gasteiger partial charge is 0.334 e. The highest BCUT2D eigenvalue weighted by atomic mass is 16.5. The molecule has 1 aliphatic rings. The smallest absolute Gasteiger partial charge is 0.257 e. The Kier molecular flexibility index (Phi) is 4.59. The van der Waals surface area contributed by atoms with Crippen LogP contribution < -0.4 is 0 Å². The lowest BCUT2D eigenvalue weighted by atomic mass is 10.1. The first-order chi connectivity index (χ1) is 12.6. The van der Waals surface area contributed by atoms with Gasteiger partial charge in [-0.25, -0.2) is 4.68 Å². The first kappa shape index (κ1) is 17.0. The molecule has 0 N–H and O–H groups in total. The van der Waals surface area contributed by atoms with Gasteiger partial charge in [-0.3, -0.25) is 0 Å². The predicted octanol–water partition coefficient (Wildman–Crippen LogP) is 3.29. The van der Waals surface area contributed by atoms with Crippen LogP contribution in [0.3, 0.4) is 0 Å². The molecule has 1 aromatic carbocycles. The molecule has 3 aromatic rings. The maximum Gasteiger partial charge on any atom is 0.257 e. The van der Waals surface area contributed by atoms with E-state index in [-0.39, 0.29) is 0 Å². The van der Waals surface area contributed by atoms with E-state index in [0.29, 0.717) is 17.6 Å². The minimum absolute atomic E-state index is 0.551. The molecular formula is C20H25N5O. The Labute approximate surface area is 153 Å². The van der Waals surface area contributed by atoms with Crippen LogP contribution in [-0.4, -0.2) is 44.5 Å². The van der Waals surface area contributed by atoms with E-state index in [1.807, 2.05) is 35.9 Å². The summed E-state index contributed by atoms with van der Waals surface area (Å²) in [6, 6.07) is 8.09. The summed E-state index contributed by atoms with van der Waals surface area (Å²) in [7, 11) is 0. The summed E-state index contributed by atoms with van der Waals surface area (Å²) in [5.41, 5.74) is 4.57. The quantitative estimate of drug-likeness (QED) is 0.722. The fourth-order valence-electron chi connectivity index (χ4n) is 3.52. The fourth-order valence-corrected chi connectivity index (χ4v) is 3.52. The third-order valence-corrected chi connectivity index (χ3v) is 4.77. The zero-order valence-corrected chi connectivity index (χ0v) is 15.6. The number of hydrogen-bond acceptors (Lipinski definition) is 5. The van der Waals surface area contributed by atoms with Gasteiger partial charge >= 0.3 is 0 Å². The first-order valence-corrected chi connectivity index (χ1v) is 9.29. The Balaban J connectivity index is 1.50. The lowest BCUT2D eigenvalue weighted by Gasteiger charge is -2.21. The van der Waals surface area contributed by atoms with Crippen LogP contribution in [0.2, 0.25) is 0 Å². The maximum atomic E-state index is 5.23. The minimum Gasteiger partial charge on any atom is -0.334 e. The van der Waals surface area contributed by atoms with Crippen molar-refractivity contribution in [1.29, 1.82) is 0 Å². The van der Waals surface area contributed by atoms with Gasteiger partial charge in [0.2, 0.25) is 0 Å². The second-order valence-electron chi connectivity index (χ2n) is 7.43. The number of benzene rings is 1. The molecule has 6 nitrogen and oxygen atoms in total. The molecule has 0 bridgehead atoms. The average molecular weight is 351 g/mol. The van der Waals surface area contributed by atoms with Gasteiger partial charge < -0.3 is 9.42 Å². The molecule has 3 heterocycles. The summed E-state index contributed by atoms with van der Waals surface area (Å²) in [5, 5.41) is 8.68. The molecule has 0 aliphatic carbocycles.